The molecule has 0 radical (unpaired) electrons. The summed E-state index contributed by atoms with van der Waals surface area (Å²) in [5.74, 6) is 0.277. The van der Waals surface area contributed by atoms with E-state index in [1.165, 1.54) is 12.3 Å². The molecule has 1 unspecified atom stereocenters. The molecule has 2 aromatic heterocycles. The van der Waals surface area contributed by atoms with Crippen LogP contribution in [0.5, 0.6) is 0 Å². The molecule has 0 fully saturated rings. The maximum absolute atomic E-state index is 14.3. The summed E-state index contributed by atoms with van der Waals surface area (Å²) in [4.78, 5) is 22.5. The lowest BCUT2D eigenvalue weighted by Crippen LogP contribution is -2.26. The number of benzene rings is 3. The SMILES string of the molecule is CC(Nc1nc(N)ncc1C#N)c1cc2cccc(-c3cccc(S(C)(=O)=O)c3)c2c(=O)n1-c1ccccc1. The van der Waals surface area contributed by atoms with Crippen molar-refractivity contribution < 1.29 is 8.42 Å². The average molecular weight is 537 g/mol. The normalized spacial score (nSPS) is 12.1. The van der Waals surface area contributed by atoms with Crippen molar-refractivity contribution in [3.05, 3.63) is 107 Å². The van der Waals surface area contributed by atoms with Crippen LogP contribution in [0.1, 0.15) is 24.2 Å². The van der Waals surface area contributed by atoms with E-state index in [0.29, 0.717) is 33.3 Å². The van der Waals surface area contributed by atoms with Crippen LogP contribution in [-0.4, -0.2) is 29.2 Å². The van der Waals surface area contributed by atoms with Gasteiger partial charge in [0, 0.05) is 17.6 Å². The van der Waals surface area contributed by atoms with E-state index in [0.717, 1.165) is 6.26 Å². The number of nitrogens with zero attached hydrogens (tertiary/aromatic N) is 4. The van der Waals surface area contributed by atoms with E-state index in [2.05, 4.69) is 21.4 Å². The van der Waals surface area contributed by atoms with Gasteiger partial charge >= 0.3 is 0 Å². The van der Waals surface area contributed by atoms with E-state index >= 15 is 0 Å². The first-order valence-electron chi connectivity index (χ1n) is 12.0. The largest absolute Gasteiger partial charge is 0.368 e. The smallest absolute Gasteiger partial charge is 0.263 e. The number of nitrogens with two attached hydrogens (primary N) is 1. The number of para-hydroxylation sites is 1. The van der Waals surface area contributed by atoms with E-state index in [9.17, 15) is 18.5 Å². The molecule has 5 rings (SSSR count). The molecule has 0 saturated carbocycles. The Morgan fingerprint density at radius 2 is 1.77 bits per heavy atom. The maximum Gasteiger partial charge on any atom is 0.263 e. The first-order valence-corrected chi connectivity index (χ1v) is 13.9. The number of anilines is 2. The lowest BCUT2D eigenvalue weighted by Gasteiger charge is -2.22. The minimum atomic E-state index is -3.44. The molecule has 39 heavy (non-hydrogen) atoms. The number of hydrogen-bond acceptors (Lipinski definition) is 8. The molecule has 2 heterocycles. The van der Waals surface area contributed by atoms with Gasteiger partial charge in [0.2, 0.25) is 5.95 Å². The van der Waals surface area contributed by atoms with Crippen LogP contribution in [0.4, 0.5) is 11.8 Å². The summed E-state index contributed by atoms with van der Waals surface area (Å²) in [5.41, 5.74) is 8.22. The second-order valence-electron chi connectivity index (χ2n) is 9.08. The Balaban J connectivity index is 1.76. The second-order valence-corrected chi connectivity index (χ2v) is 11.1. The maximum atomic E-state index is 14.3. The van der Waals surface area contributed by atoms with Crippen molar-refractivity contribution in [3.63, 3.8) is 0 Å². The van der Waals surface area contributed by atoms with Crippen molar-refractivity contribution in [1.82, 2.24) is 14.5 Å². The van der Waals surface area contributed by atoms with Crippen molar-refractivity contribution in [3.8, 4) is 22.9 Å². The molecule has 0 amide bonds. The van der Waals surface area contributed by atoms with Crippen LogP contribution in [0.3, 0.4) is 0 Å². The fourth-order valence-corrected chi connectivity index (χ4v) is 5.21. The predicted octanol–water partition coefficient (Wildman–Crippen LogP) is 4.48. The number of fused-ring (bicyclic) bond motifs is 1. The van der Waals surface area contributed by atoms with Crippen LogP contribution in [0, 0.1) is 11.3 Å². The number of nitrogens with one attached hydrogen (secondary N) is 1. The number of hydrogen-bond donors (Lipinski definition) is 2. The Hall–Kier alpha value is -5.01. The zero-order chi connectivity index (χ0) is 27.7. The molecule has 194 valence electrons. The minimum Gasteiger partial charge on any atom is -0.368 e. The first kappa shape index (κ1) is 25.6. The minimum absolute atomic E-state index is 0.0172. The standard InChI is InChI=1S/C29H24N6O3S/c1-18(33-27-21(16-30)17-32-29(31)34-27)25-15-20-9-7-13-24(19-8-6-12-23(14-19)39(2,37)38)26(20)28(36)35(25)22-10-4-3-5-11-22/h3-15,17-18H,1-2H3,(H3,31,32,33,34). The van der Waals surface area contributed by atoms with Crippen molar-refractivity contribution >= 4 is 32.4 Å². The Kier molecular flexibility index (Phi) is 6.60. The molecule has 9 nitrogen and oxygen atoms in total. The van der Waals surface area contributed by atoms with Gasteiger partial charge in [-0.15, -0.1) is 0 Å². The summed E-state index contributed by atoms with van der Waals surface area (Å²) in [5, 5.41) is 13.9. The van der Waals surface area contributed by atoms with Crippen LogP contribution in [0.15, 0.2) is 94.7 Å². The summed E-state index contributed by atoms with van der Waals surface area (Å²) in [6, 6.07) is 24.8. The quantitative estimate of drug-likeness (QED) is 0.323. The monoisotopic (exact) mass is 536 g/mol. The summed E-state index contributed by atoms with van der Waals surface area (Å²) in [6.45, 7) is 1.86. The Labute approximate surface area is 225 Å². The summed E-state index contributed by atoms with van der Waals surface area (Å²) >= 11 is 0. The van der Waals surface area contributed by atoms with Gasteiger partial charge in [0.05, 0.1) is 22.5 Å². The first-order chi connectivity index (χ1) is 18.7. The lowest BCUT2D eigenvalue weighted by atomic mass is 9.98. The van der Waals surface area contributed by atoms with Gasteiger partial charge in [-0.2, -0.15) is 10.2 Å². The van der Waals surface area contributed by atoms with Crippen LogP contribution in [0.25, 0.3) is 27.6 Å². The van der Waals surface area contributed by atoms with Crippen LogP contribution in [-0.2, 0) is 9.84 Å². The summed E-state index contributed by atoms with van der Waals surface area (Å²) in [6.07, 6.45) is 2.50. The molecule has 0 aliphatic heterocycles. The molecule has 0 aliphatic rings. The summed E-state index contributed by atoms with van der Waals surface area (Å²) < 4.78 is 26.0. The number of aromatic nitrogens is 3. The van der Waals surface area contributed by atoms with E-state index in [1.807, 2.05) is 61.5 Å². The molecule has 3 aromatic carbocycles. The third-order valence-electron chi connectivity index (χ3n) is 6.39. The predicted molar refractivity (Wildman–Crippen MR) is 151 cm³/mol. The van der Waals surface area contributed by atoms with E-state index < -0.39 is 15.9 Å². The van der Waals surface area contributed by atoms with Crippen molar-refractivity contribution in [1.29, 1.82) is 5.26 Å². The Morgan fingerprint density at radius 1 is 1.03 bits per heavy atom. The Bertz CT molecular complexity index is 1930. The highest BCUT2D eigenvalue weighted by atomic mass is 32.2. The number of nitrogen functional groups attached to an aromatic ring is 1. The van der Waals surface area contributed by atoms with E-state index in [-0.39, 0.29) is 27.8 Å². The molecule has 0 aliphatic carbocycles. The average Bonchev–Trinajstić information content (AvgIpc) is 2.93. The van der Waals surface area contributed by atoms with Gasteiger partial charge in [0.15, 0.2) is 9.84 Å². The highest BCUT2D eigenvalue weighted by Gasteiger charge is 2.20. The molecule has 0 spiro atoms. The number of nitriles is 1. The molecule has 3 N–H and O–H groups in total. The number of sulfone groups is 1. The van der Waals surface area contributed by atoms with Crippen LogP contribution in [0.2, 0.25) is 0 Å². The molecule has 0 bridgehead atoms. The third-order valence-corrected chi connectivity index (χ3v) is 7.50. The lowest BCUT2D eigenvalue weighted by molar-refractivity contribution is 0.602. The fourth-order valence-electron chi connectivity index (χ4n) is 4.55. The Morgan fingerprint density at radius 3 is 2.49 bits per heavy atom. The number of rotatable bonds is 6. The topological polar surface area (TPSA) is 144 Å². The molecule has 0 saturated heterocycles. The fraction of sp³-hybridized carbons (Fsp3) is 0.103. The highest BCUT2D eigenvalue weighted by Crippen LogP contribution is 2.31. The third kappa shape index (κ3) is 4.95. The van der Waals surface area contributed by atoms with Gasteiger partial charge in [0.1, 0.15) is 17.5 Å². The molecular formula is C29H24N6O3S. The second kappa shape index (κ2) is 10.0. The van der Waals surface area contributed by atoms with Gasteiger partial charge < -0.3 is 11.1 Å². The highest BCUT2D eigenvalue weighted by molar-refractivity contribution is 7.90. The van der Waals surface area contributed by atoms with Gasteiger partial charge in [0.25, 0.3) is 5.56 Å². The van der Waals surface area contributed by atoms with Crippen LogP contribution < -0.4 is 16.6 Å². The van der Waals surface area contributed by atoms with Crippen molar-refractivity contribution in [2.45, 2.75) is 17.9 Å². The zero-order valence-electron chi connectivity index (χ0n) is 21.2. The molecule has 5 aromatic rings. The van der Waals surface area contributed by atoms with Gasteiger partial charge in [-0.25, -0.2) is 13.4 Å². The molecular weight excluding hydrogens is 512 g/mol. The molecule has 10 heteroatoms. The van der Waals surface area contributed by atoms with Gasteiger partial charge in [-0.3, -0.25) is 9.36 Å². The summed E-state index contributed by atoms with van der Waals surface area (Å²) in [7, 11) is -3.44. The van der Waals surface area contributed by atoms with E-state index in [1.54, 1.807) is 22.8 Å². The van der Waals surface area contributed by atoms with Gasteiger partial charge in [-0.1, -0.05) is 48.5 Å². The van der Waals surface area contributed by atoms with Crippen molar-refractivity contribution in [2.24, 2.45) is 0 Å². The van der Waals surface area contributed by atoms with E-state index in [4.69, 9.17) is 5.73 Å². The van der Waals surface area contributed by atoms with Crippen molar-refractivity contribution in [2.75, 3.05) is 17.3 Å². The number of pyridine rings is 1. The zero-order valence-corrected chi connectivity index (χ0v) is 22.0. The molecule has 1 atom stereocenters. The van der Waals surface area contributed by atoms with Gasteiger partial charge in [-0.05, 0) is 53.8 Å². The van der Waals surface area contributed by atoms with Crippen LogP contribution >= 0.6 is 0 Å².